The van der Waals surface area contributed by atoms with Gasteiger partial charge in [-0.05, 0) is 32.9 Å². The third-order valence-electron chi connectivity index (χ3n) is 2.36. The summed E-state index contributed by atoms with van der Waals surface area (Å²) in [6.07, 6.45) is 2.11. The van der Waals surface area contributed by atoms with Crippen LogP contribution in [-0.2, 0) is 4.79 Å². The van der Waals surface area contributed by atoms with Gasteiger partial charge in [-0.3, -0.25) is 9.69 Å². The summed E-state index contributed by atoms with van der Waals surface area (Å²) in [5.74, 6) is 0.00551. The van der Waals surface area contributed by atoms with Crippen LogP contribution in [0.1, 0.15) is 33.6 Å². The van der Waals surface area contributed by atoms with Gasteiger partial charge in [0, 0.05) is 6.54 Å². The van der Waals surface area contributed by atoms with Gasteiger partial charge in [0.2, 0.25) is 5.91 Å². The van der Waals surface area contributed by atoms with Crippen LogP contribution < -0.4 is 5.32 Å². The zero-order valence-corrected chi connectivity index (χ0v) is 10.1. The molecular formula is C11H24N2O2. The molecule has 1 atom stereocenters. The Labute approximate surface area is 92.7 Å². The zero-order chi connectivity index (χ0) is 11.7. The highest BCUT2D eigenvalue weighted by molar-refractivity contribution is 5.81. The second kappa shape index (κ2) is 8.68. The van der Waals surface area contributed by atoms with E-state index in [-0.39, 0.29) is 18.6 Å². The SMILES string of the molecule is CCCN(CCC)C(C)C(=O)NCCO. The molecule has 15 heavy (non-hydrogen) atoms. The van der Waals surface area contributed by atoms with E-state index < -0.39 is 0 Å². The molecule has 0 saturated heterocycles. The number of rotatable bonds is 8. The van der Waals surface area contributed by atoms with Crippen molar-refractivity contribution in [2.24, 2.45) is 0 Å². The van der Waals surface area contributed by atoms with E-state index in [0.717, 1.165) is 25.9 Å². The molecule has 0 aliphatic heterocycles. The summed E-state index contributed by atoms with van der Waals surface area (Å²) in [6, 6.07) is -0.101. The number of aliphatic hydroxyl groups excluding tert-OH is 1. The number of nitrogens with zero attached hydrogens (tertiary/aromatic N) is 1. The maximum Gasteiger partial charge on any atom is 0.237 e. The standard InChI is InChI=1S/C11H24N2O2/c1-4-7-13(8-5-2)10(3)11(15)12-6-9-14/h10,14H,4-9H2,1-3H3,(H,12,15). The Hall–Kier alpha value is -0.610. The molecule has 1 unspecified atom stereocenters. The molecule has 0 rings (SSSR count). The van der Waals surface area contributed by atoms with Crippen molar-refractivity contribution < 1.29 is 9.90 Å². The zero-order valence-electron chi connectivity index (χ0n) is 10.1. The van der Waals surface area contributed by atoms with E-state index in [1.54, 1.807) is 0 Å². The van der Waals surface area contributed by atoms with Gasteiger partial charge in [-0.1, -0.05) is 13.8 Å². The molecule has 0 aromatic heterocycles. The van der Waals surface area contributed by atoms with Crippen LogP contribution in [0, 0.1) is 0 Å². The van der Waals surface area contributed by atoms with Crippen LogP contribution in [0.3, 0.4) is 0 Å². The first-order valence-corrected chi connectivity index (χ1v) is 5.79. The Morgan fingerprint density at radius 2 is 1.87 bits per heavy atom. The number of carbonyl (C=O) groups is 1. The average molecular weight is 216 g/mol. The van der Waals surface area contributed by atoms with E-state index in [9.17, 15) is 4.79 Å². The Kier molecular flexibility index (Phi) is 8.33. The average Bonchev–Trinajstić information content (AvgIpc) is 2.24. The van der Waals surface area contributed by atoms with Crippen LogP contribution in [0.5, 0.6) is 0 Å². The van der Waals surface area contributed by atoms with Crippen molar-refractivity contribution in [3.8, 4) is 0 Å². The number of hydrogen-bond donors (Lipinski definition) is 2. The summed E-state index contributed by atoms with van der Waals surface area (Å²) in [4.78, 5) is 13.8. The second-order valence-electron chi connectivity index (χ2n) is 3.73. The monoisotopic (exact) mass is 216 g/mol. The third-order valence-corrected chi connectivity index (χ3v) is 2.36. The van der Waals surface area contributed by atoms with Crippen molar-refractivity contribution in [1.82, 2.24) is 10.2 Å². The summed E-state index contributed by atoms with van der Waals surface area (Å²) in [5.41, 5.74) is 0. The fourth-order valence-corrected chi connectivity index (χ4v) is 1.57. The van der Waals surface area contributed by atoms with Crippen molar-refractivity contribution >= 4 is 5.91 Å². The number of carbonyl (C=O) groups excluding carboxylic acids is 1. The minimum Gasteiger partial charge on any atom is -0.395 e. The predicted octanol–water partition coefficient (Wildman–Crippen LogP) is 0.605. The molecule has 0 heterocycles. The van der Waals surface area contributed by atoms with Crippen LogP contribution in [0.25, 0.3) is 0 Å². The lowest BCUT2D eigenvalue weighted by Crippen LogP contribution is -2.46. The number of hydrogen-bond acceptors (Lipinski definition) is 3. The summed E-state index contributed by atoms with van der Waals surface area (Å²) >= 11 is 0. The van der Waals surface area contributed by atoms with E-state index in [1.165, 1.54) is 0 Å². The molecule has 4 heteroatoms. The van der Waals surface area contributed by atoms with Crippen LogP contribution in [0.4, 0.5) is 0 Å². The van der Waals surface area contributed by atoms with Crippen molar-refractivity contribution in [2.75, 3.05) is 26.2 Å². The highest BCUT2D eigenvalue weighted by atomic mass is 16.3. The molecule has 2 N–H and O–H groups in total. The van der Waals surface area contributed by atoms with Gasteiger partial charge in [-0.25, -0.2) is 0 Å². The van der Waals surface area contributed by atoms with Gasteiger partial charge in [0.15, 0.2) is 0 Å². The normalized spacial score (nSPS) is 12.9. The molecule has 0 radical (unpaired) electrons. The number of aliphatic hydroxyl groups is 1. The van der Waals surface area contributed by atoms with Crippen LogP contribution >= 0.6 is 0 Å². The summed E-state index contributed by atoms with van der Waals surface area (Å²) in [7, 11) is 0. The second-order valence-corrected chi connectivity index (χ2v) is 3.73. The first kappa shape index (κ1) is 14.4. The fraction of sp³-hybridized carbons (Fsp3) is 0.909. The molecule has 0 aliphatic carbocycles. The van der Waals surface area contributed by atoms with Gasteiger partial charge in [0.25, 0.3) is 0 Å². The fourth-order valence-electron chi connectivity index (χ4n) is 1.57. The highest BCUT2D eigenvalue weighted by Crippen LogP contribution is 2.02. The molecule has 0 aromatic carbocycles. The topological polar surface area (TPSA) is 52.6 Å². The van der Waals surface area contributed by atoms with Crippen molar-refractivity contribution in [2.45, 2.75) is 39.7 Å². The van der Waals surface area contributed by atoms with Crippen molar-refractivity contribution in [3.63, 3.8) is 0 Å². The Bertz CT molecular complexity index is 168. The van der Waals surface area contributed by atoms with Gasteiger partial charge >= 0.3 is 0 Å². The Morgan fingerprint density at radius 1 is 1.33 bits per heavy atom. The van der Waals surface area contributed by atoms with Crippen LogP contribution in [-0.4, -0.2) is 48.2 Å². The number of amides is 1. The van der Waals surface area contributed by atoms with Crippen molar-refractivity contribution in [3.05, 3.63) is 0 Å². The first-order chi connectivity index (χ1) is 7.17. The smallest absolute Gasteiger partial charge is 0.237 e. The molecule has 0 aromatic rings. The Balaban J connectivity index is 4.08. The molecule has 0 fully saturated rings. The molecule has 4 nitrogen and oxygen atoms in total. The lowest BCUT2D eigenvalue weighted by atomic mass is 10.2. The van der Waals surface area contributed by atoms with Crippen LogP contribution in [0.2, 0.25) is 0 Å². The Morgan fingerprint density at radius 3 is 2.27 bits per heavy atom. The maximum absolute atomic E-state index is 11.6. The molecule has 1 amide bonds. The minimum absolute atomic E-state index is 0.0000154. The van der Waals surface area contributed by atoms with E-state index in [1.807, 2.05) is 6.92 Å². The lowest BCUT2D eigenvalue weighted by Gasteiger charge is -2.27. The lowest BCUT2D eigenvalue weighted by molar-refractivity contribution is -0.126. The minimum atomic E-state index is -0.101. The molecule has 90 valence electrons. The van der Waals surface area contributed by atoms with Gasteiger partial charge in [-0.15, -0.1) is 0 Å². The van der Waals surface area contributed by atoms with Gasteiger partial charge < -0.3 is 10.4 Å². The maximum atomic E-state index is 11.6. The quantitative estimate of drug-likeness (QED) is 0.625. The largest absolute Gasteiger partial charge is 0.395 e. The predicted molar refractivity (Wildman–Crippen MR) is 61.7 cm³/mol. The van der Waals surface area contributed by atoms with Gasteiger partial charge in [0.05, 0.1) is 12.6 Å². The highest BCUT2D eigenvalue weighted by Gasteiger charge is 2.18. The van der Waals surface area contributed by atoms with Gasteiger partial charge in [0.1, 0.15) is 0 Å². The third kappa shape index (κ3) is 5.74. The molecule has 0 saturated carbocycles. The first-order valence-electron chi connectivity index (χ1n) is 5.79. The molecule has 0 aliphatic rings. The van der Waals surface area contributed by atoms with E-state index in [0.29, 0.717) is 6.54 Å². The van der Waals surface area contributed by atoms with Gasteiger partial charge in [-0.2, -0.15) is 0 Å². The number of nitrogens with one attached hydrogen (secondary N) is 1. The summed E-state index contributed by atoms with van der Waals surface area (Å²) < 4.78 is 0. The summed E-state index contributed by atoms with van der Waals surface area (Å²) in [6.45, 7) is 8.37. The van der Waals surface area contributed by atoms with Crippen molar-refractivity contribution in [1.29, 1.82) is 0 Å². The van der Waals surface area contributed by atoms with Crippen LogP contribution in [0.15, 0.2) is 0 Å². The van der Waals surface area contributed by atoms with E-state index in [4.69, 9.17) is 5.11 Å². The van der Waals surface area contributed by atoms with E-state index in [2.05, 4.69) is 24.1 Å². The molecular weight excluding hydrogens is 192 g/mol. The van der Waals surface area contributed by atoms with E-state index >= 15 is 0 Å². The molecule has 0 spiro atoms. The summed E-state index contributed by atoms with van der Waals surface area (Å²) in [5, 5.41) is 11.3. The molecule has 0 bridgehead atoms.